The number of piperazine rings is 1. The number of anilines is 2. The first kappa shape index (κ1) is 25.2. The van der Waals surface area contributed by atoms with Crippen molar-refractivity contribution in [2.75, 3.05) is 38.0 Å². The van der Waals surface area contributed by atoms with Crippen LogP contribution in [0.5, 0.6) is 0 Å². The highest BCUT2D eigenvalue weighted by Crippen LogP contribution is 2.32. The van der Waals surface area contributed by atoms with Crippen LogP contribution in [0.3, 0.4) is 0 Å². The van der Waals surface area contributed by atoms with Gasteiger partial charge in [-0.15, -0.1) is 0 Å². The number of nitrogens with zero attached hydrogens (tertiary/aromatic N) is 7. The highest BCUT2D eigenvalue weighted by molar-refractivity contribution is 6.08. The van der Waals surface area contributed by atoms with Crippen LogP contribution in [-0.4, -0.2) is 75.1 Å². The molecule has 0 saturated carbocycles. The first-order valence-corrected chi connectivity index (χ1v) is 12.5. The van der Waals surface area contributed by atoms with Crippen molar-refractivity contribution in [3.05, 3.63) is 59.6 Å². The van der Waals surface area contributed by atoms with Gasteiger partial charge in [0.2, 0.25) is 5.95 Å². The van der Waals surface area contributed by atoms with Gasteiger partial charge in [-0.25, -0.2) is 23.7 Å². The Hall–Kier alpha value is -3.44. The van der Waals surface area contributed by atoms with E-state index in [4.69, 9.17) is 7.98 Å². The topological polar surface area (TPSA) is 75.0 Å². The van der Waals surface area contributed by atoms with Crippen LogP contribution in [0.15, 0.2) is 36.7 Å². The molecule has 0 spiro atoms. The monoisotopic (exact) mass is 502 g/mol. The van der Waals surface area contributed by atoms with E-state index < -0.39 is 11.6 Å². The third-order valence-electron chi connectivity index (χ3n) is 6.74. The van der Waals surface area contributed by atoms with Crippen LogP contribution in [0.25, 0.3) is 22.2 Å². The van der Waals surface area contributed by atoms with E-state index in [1.807, 2.05) is 32.2 Å². The van der Waals surface area contributed by atoms with Crippen molar-refractivity contribution in [2.45, 2.75) is 33.2 Å². The molecule has 2 radical (unpaired) electrons. The third kappa shape index (κ3) is 5.33. The van der Waals surface area contributed by atoms with Crippen LogP contribution in [0, 0.1) is 11.6 Å². The quantitative estimate of drug-likeness (QED) is 0.382. The Morgan fingerprint density at radius 2 is 1.76 bits per heavy atom. The molecule has 1 aliphatic rings. The first-order valence-electron chi connectivity index (χ1n) is 12.5. The molecule has 0 aliphatic carbocycles. The van der Waals surface area contributed by atoms with Gasteiger partial charge in [0.05, 0.1) is 6.20 Å². The number of hydrogen-bond acceptors (Lipinski definition) is 7. The fraction of sp³-hybridized carbons (Fsp3) is 0.385. The predicted molar refractivity (Wildman–Crippen MR) is 141 cm³/mol. The summed E-state index contributed by atoms with van der Waals surface area (Å²) in [5, 5.41) is 7.62. The summed E-state index contributed by atoms with van der Waals surface area (Å²) >= 11 is 0. The summed E-state index contributed by atoms with van der Waals surface area (Å²) in [6, 6.07) is 6.72. The van der Waals surface area contributed by atoms with Gasteiger partial charge in [0.15, 0.2) is 11.6 Å². The molecule has 11 heteroatoms. The van der Waals surface area contributed by atoms with Crippen molar-refractivity contribution < 1.29 is 8.78 Å². The summed E-state index contributed by atoms with van der Waals surface area (Å²) in [7, 11) is 5.94. The second-order valence-electron chi connectivity index (χ2n) is 9.62. The normalized spacial score (nSPS) is 15.1. The highest BCUT2D eigenvalue weighted by Gasteiger charge is 2.19. The molecule has 0 atom stereocenters. The Labute approximate surface area is 216 Å². The third-order valence-corrected chi connectivity index (χ3v) is 6.74. The lowest BCUT2D eigenvalue weighted by Gasteiger charge is -2.33. The van der Waals surface area contributed by atoms with Crippen molar-refractivity contribution >= 4 is 30.7 Å². The Morgan fingerprint density at radius 1 is 1.00 bits per heavy atom. The van der Waals surface area contributed by atoms with Crippen molar-refractivity contribution in [3.8, 4) is 11.3 Å². The van der Waals surface area contributed by atoms with E-state index >= 15 is 0 Å². The average Bonchev–Trinajstić information content (AvgIpc) is 3.23. The van der Waals surface area contributed by atoms with E-state index in [1.54, 1.807) is 6.07 Å². The first-order chi connectivity index (χ1) is 17.8. The van der Waals surface area contributed by atoms with Gasteiger partial charge in [0.25, 0.3) is 7.98 Å². The van der Waals surface area contributed by atoms with Crippen LogP contribution in [0.1, 0.15) is 37.9 Å². The van der Waals surface area contributed by atoms with E-state index in [9.17, 15) is 8.78 Å². The molecule has 37 heavy (non-hydrogen) atoms. The number of halogens is 2. The number of benzene rings is 1. The largest absolute Gasteiger partial charge is 0.326 e. The molecule has 4 aromatic rings. The minimum Gasteiger partial charge on any atom is -0.326 e. The summed E-state index contributed by atoms with van der Waals surface area (Å²) in [6.07, 6.45) is 2.88. The van der Waals surface area contributed by atoms with Gasteiger partial charge in [-0.2, -0.15) is 5.10 Å². The molecule has 1 saturated heterocycles. The number of likely N-dealkylation sites (N-methyl/N-ethyl adjacent to an activating group) is 1. The molecular weight excluding hydrogens is 473 g/mol. The molecule has 0 bridgehead atoms. The molecule has 0 unspecified atom stereocenters. The van der Waals surface area contributed by atoms with Crippen molar-refractivity contribution in [1.29, 1.82) is 0 Å². The second kappa shape index (κ2) is 10.5. The molecule has 1 aromatic carbocycles. The zero-order valence-corrected chi connectivity index (χ0v) is 21.2. The zero-order chi connectivity index (χ0) is 26.1. The maximum Gasteiger partial charge on any atom is 0.264 e. The Balaban J connectivity index is 1.35. The molecule has 4 heterocycles. The molecule has 8 nitrogen and oxygen atoms in total. The molecule has 190 valence electrons. The van der Waals surface area contributed by atoms with E-state index in [2.05, 4.69) is 42.1 Å². The van der Waals surface area contributed by atoms with Gasteiger partial charge >= 0.3 is 0 Å². The molecule has 0 amide bonds. The fourth-order valence-corrected chi connectivity index (χ4v) is 4.75. The summed E-state index contributed by atoms with van der Waals surface area (Å²) in [4.78, 5) is 17.7. The SMILES string of the molecule is [B]n1nc2c(F)cc(-c3nc(Nc4ccc(CN5CCN(CC)CC5)cn4)ncc3F)cc2c1C(C)C. The van der Waals surface area contributed by atoms with Gasteiger partial charge in [-0.3, -0.25) is 4.90 Å². The smallest absolute Gasteiger partial charge is 0.264 e. The molecular formula is C26H29BF2N8. The summed E-state index contributed by atoms with van der Waals surface area (Å²) in [5.74, 6) is -0.578. The summed E-state index contributed by atoms with van der Waals surface area (Å²) in [6.45, 7) is 12.2. The van der Waals surface area contributed by atoms with Crippen molar-refractivity contribution in [2.24, 2.45) is 0 Å². The van der Waals surface area contributed by atoms with E-state index in [0.717, 1.165) is 51.0 Å². The Morgan fingerprint density at radius 3 is 2.43 bits per heavy atom. The lowest BCUT2D eigenvalue weighted by atomic mass is 10.0. The van der Waals surface area contributed by atoms with Crippen LogP contribution < -0.4 is 5.32 Å². The Bertz CT molecular complexity index is 1400. The van der Waals surface area contributed by atoms with Gasteiger partial charge in [-0.1, -0.05) is 26.8 Å². The Kier molecular flexibility index (Phi) is 7.16. The summed E-state index contributed by atoms with van der Waals surface area (Å²) < 4.78 is 30.8. The highest BCUT2D eigenvalue weighted by atomic mass is 19.1. The lowest BCUT2D eigenvalue weighted by Crippen LogP contribution is -2.45. The van der Waals surface area contributed by atoms with Gasteiger partial charge in [0.1, 0.15) is 17.0 Å². The molecule has 1 N–H and O–H groups in total. The molecule has 3 aromatic heterocycles. The van der Waals surface area contributed by atoms with Gasteiger partial charge in [-0.05, 0) is 36.2 Å². The van der Waals surface area contributed by atoms with Crippen LogP contribution in [0.2, 0.25) is 0 Å². The van der Waals surface area contributed by atoms with Crippen LogP contribution in [0.4, 0.5) is 20.5 Å². The minimum absolute atomic E-state index is 0.00730. The number of pyridine rings is 1. The fourth-order valence-electron chi connectivity index (χ4n) is 4.75. The zero-order valence-electron chi connectivity index (χ0n) is 21.2. The number of nitrogens with one attached hydrogen (secondary N) is 1. The summed E-state index contributed by atoms with van der Waals surface area (Å²) in [5.41, 5.74) is 2.15. The standard InChI is InChI=1S/C26H29BF2N8/c1-4-35-7-9-36(10-8-35)15-17-5-6-22(30-13-17)32-26-31-14-21(29)23(33-26)18-11-19-24(20(28)12-18)34-37(27)25(19)16(2)3/h5-6,11-14,16H,4,7-10,15H2,1-3H3,(H,30,31,32,33). The van der Waals surface area contributed by atoms with Gasteiger partial charge < -0.3 is 14.8 Å². The van der Waals surface area contributed by atoms with E-state index in [1.165, 1.54) is 10.7 Å². The number of rotatable bonds is 7. The van der Waals surface area contributed by atoms with Crippen LogP contribution in [-0.2, 0) is 6.54 Å². The number of fused-ring (bicyclic) bond motifs is 1. The van der Waals surface area contributed by atoms with E-state index in [-0.39, 0.29) is 28.6 Å². The van der Waals surface area contributed by atoms with E-state index in [0.29, 0.717) is 16.9 Å². The van der Waals surface area contributed by atoms with Crippen LogP contribution >= 0.6 is 0 Å². The minimum atomic E-state index is -0.665. The average molecular weight is 502 g/mol. The molecule has 1 fully saturated rings. The predicted octanol–water partition coefficient (Wildman–Crippen LogP) is 4.10. The number of hydrogen-bond donors (Lipinski definition) is 1. The number of aromatic nitrogens is 5. The maximum atomic E-state index is 14.9. The molecule has 5 rings (SSSR count). The molecule has 1 aliphatic heterocycles. The van der Waals surface area contributed by atoms with Crippen molar-refractivity contribution in [3.63, 3.8) is 0 Å². The van der Waals surface area contributed by atoms with Crippen molar-refractivity contribution in [1.82, 2.24) is 34.4 Å². The lowest BCUT2D eigenvalue weighted by molar-refractivity contribution is 0.132. The van der Waals surface area contributed by atoms with Gasteiger partial charge in [0, 0.05) is 55.6 Å². The second-order valence-corrected chi connectivity index (χ2v) is 9.62. The maximum absolute atomic E-state index is 14.9.